The summed E-state index contributed by atoms with van der Waals surface area (Å²) in [5.41, 5.74) is 2.07. The summed E-state index contributed by atoms with van der Waals surface area (Å²) < 4.78 is 1.70. The molecule has 0 bridgehead atoms. The smallest absolute Gasteiger partial charge is 0.131 e. The fourth-order valence-corrected chi connectivity index (χ4v) is 1.87. The molecule has 1 rings (SSSR count). The van der Waals surface area contributed by atoms with Gasteiger partial charge in [-0.1, -0.05) is 11.6 Å². The Balaban J connectivity index is 2.75. The Kier molecular flexibility index (Phi) is 4.23. The Morgan fingerprint density at radius 3 is 2.57 bits per heavy atom. The first-order valence-corrected chi connectivity index (χ1v) is 5.40. The molecular weight excluding hydrogens is 221 g/mol. The van der Waals surface area contributed by atoms with Gasteiger partial charge in [-0.3, -0.25) is 4.68 Å². The first-order chi connectivity index (χ1) is 6.56. The van der Waals surface area contributed by atoms with E-state index in [-0.39, 0.29) is 0 Å². The molecule has 80 valence electrons. The second-order valence-corrected chi connectivity index (χ2v) is 4.14. The van der Waals surface area contributed by atoms with E-state index in [9.17, 15) is 0 Å². The molecule has 0 radical (unpaired) electrons. The van der Waals surface area contributed by atoms with E-state index in [4.69, 9.17) is 23.2 Å². The Labute approximate surface area is 94.6 Å². The van der Waals surface area contributed by atoms with Gasteiger partial charge in [-0.15, -0.1) is 11.6 Å². The first-order valence-electron chi connectivity index (χ1n) is 4.48. The highest BCUT2D eigenvalue weighted by Gasteiger charge is 2.12. The summed E-state index contributed by atoms with van der Waals surface area (Å²) in [7, 11) is 3.87. The van der Waals surface area contributed by atoms with E-state index in [1.807, 2.05) is 21.0 Å². The summed E-state index contributed by atoms with van der Waals surface area (Å²) in [6.07, 6.45) is 0. The van der Waals surface area contributed by atoms with Gasteiger partial charge in [-0.2, -0.15) is 5.10 Å². The van der Waals surface area contributed by atoms with Gasteiger partial charge in [0.1, 0.15) is 5.15 Å². The van der Waals surface area contributed by atoms with Crippen LogP contribution in [0, 0.1) is 6.92 Å². The summed E-state index contributed by atoms with van der Waals surface area (Å²) in [5, 5.41) is 4.96. The average molecular weight is 236 g/mol. The number of rotatable bonds is 4. The van der Waals surface area contributed by atoms with Crippen molar-refractivity contribution in [3.8, 4) is 0 Å². The average Bonchev–Trinajstić information content (AvgIpc) is 2.33. The fourth-order valence-electron chi connectivity index (χ4n) is 1.35. The molecule has 0 aliphatic heterocycles. The maximum atomic E-state index is 6.10. The molecule has 14 heavy (non-hydrogen) atoms. The molecular formula is C9H15Cl2N3. The van der Waals surface area contributed by atoms with Crippen LogP contribution in [0.25, 0.3) is 0 Å². The van der Waals surface area contributed by atoms with Crippen LogP contribution < -0.4 is 0 Å². The van der Waals surface area contributed by atoms with Crippen molar-refractivity contribution in [1.82, 2.24) is 14.7 Å². The van der Waals surface area contributed by atoms with Crippen LogP contribution in [0.5, 0.6) is 0 Å². The van der Waals surface area contributed by atoms with Crippen LogP contribution in [0.1, 0.15) is 11.3 Å². The van der Waals surface area contributed by atoms with Gasteiger partial charge in [0.05, 0.1) is 5.69 Å². The molecule has 0 spiro atoms. The molecule has 0 aromatic carbocycles. The number of aryl methyl sites for hydroxylation is 2. The number of hydrogen-bond donors (Lipinski definition) is 0. The Morgan fingerprint density at radius 1 is 1.50 bits per heavy atom. The van der Waals surface area contributed by atoms with Crippen molar-refractivity contribution in [2.75, 3.05) is 19.5 Å². The number of hydrogen-bond acceptors (Lipinski definition) is 2. The Hall–Kier alpha value is -0.250. The molecule has 0 aliphatic rings. The van der Waals surface area contributed by atoms with Crippen LogP contribution in [0.4, 0.5) is 0 Å². The van der Waals surface area contributed by atoms with E-state index in [1.165, 1.54) is 0 Å². The third kappa shape index (κ3) is 2.62. The molecule has 0 atom stereocenters. The minimum atomic E-state index is 0.632. The van der Waals surface area contributed by atoms with E-state index in [0.29, 0.717) is 11.0 Å². The lowest BCUT2D eigenvalue weighted by molar-refractivity contribution is 0.347. The number of aromatic nitrogens is 2. The minimum absolute atomic E-state index is 0.632. The maximum Gasteiger partial charge on any atom is 0.131 e. The quantitative estimate of drug-likeness (QED) is 0.746. The second kappa shape index (κ2) is 5.01. The van der Waals surface area contributed by atoms with Crippen LogP contribution in [-0.2, 0) is 13.6 Å². The van der Waals surface area contributed by atoms with Crippen molar-refractivity contribution in [2.24, 2.45) is 7.05 Å². The Morgan fingerprint density at radius 2 is 2.14 bits per heavy atom. The van der Waals surface area contributed by atoms with Gasteiger partial charge in [0.2, 0.25) is 0 Å². The molecule has 1 heterocycles. The second-order valence-electron chi connectivity index (χ2n) is 3.41. The monoisotopic (exact) mass is 235 g/mol. The Bertz CT molecular complexity index is 309. The van der Waals surface area contributed by atoms with Gasteiger partial charge >= 0.3 is 0 Å². The number of nitrogens with zero attached hydrogens (tertiary/aromatic N) is 3. The van der Waals surface area contributed by atoms with Gasteiger partial charge in [-0.25, -0.2) is 0 Å². The van der Waals surface area contributed by atoms with Crippen molar-refractivity contribution in [3.05, 3.63) is 16.4 Å². The highest BCUT2D eigenvalue weighted by Crippen LogP contribution is 2.19. The van der Waals surface area contributed by atoms with E-state index in [0.717, 1.165) is 24.3 Å². The molecule has 1 aromatic rings. The molecule has 0 fully saturated rings. The first kappa shape index (κ1) is 11.8. The van der Waals surface area contributed by atoms with Crippen LogP contribution in [0.2, 0.25) is 5.15 Å². The minimum Gasteiger partial charge on any atom is -0.301 e. The lowest BCUT2D eigenvalue weighted by Gasteiger charge is -2.14. The molecule has 0 saturated heterocycles. The van der Waals surface area contributed by atoms with E-state index < -0.39 is 0 Å². The molecule has 0 unspecified atom stereocenters. The van der Waals surface area contributed by atoms with Gasteiger partial charge in [0.15, 0.2) is 0 Å². The van der Waals surface area contributed by atoms with E-state index >= 15 is 0 Å². The van der Waals surface area contributed by atoms with Gasteiger partial charge in [0, 0.05) is 31.6 Å². The summed E-state index contributed by atoms with van der Waals surface area (Å²) in [4.78, 5) is 2.13. The lowest BCUT2D eigenvalue weighted by atomic mass is 10.2. The molecule has 0 amide bonds. The summed E-state index contributed by atoms with van der Waals surface area (Å²) >= 11 is 11.8. The van der Waals surface area contributed by atoms with Crippen LogP contribution in [0.15, 0.2) is 0 Å². The van der Waals surface area contributed by atoms with Crippen LogP contribution >= 0.6 is 23.2 Å². The molecule has 3 nitrogen and oxygen atoms in total. The third-order valence-electron chi connectivity index (χ3n) is 2.16. The van der Waals surface area contributed by atoms with Crippen molar-refractivity contribution >= 4 is 23.2 Å². The highest BCUT2D eigenvalue weighted by atomic mass is 35.5. The largest absolute Gasteiger partial charge is 0.301 e. The van der Waals surface area contributed by atoms with Crippen LogP contribution in [-0.4, -0.2) is 34.2 Å². The standard InChI is InChI=1S/C9H15Cl2N3/c1-7-8(6-13(2)5-4-10)9(11)14(3)12-7/h4-6H2,1-3H3. The van der Waals surface area contributed by atoms with Crippen molar-refractivity contribution in [3.63, 3.8) is 0 Å². The predicted molar refractivity (Wildman–Crippen MR) is 60.0 cm³/mol. The SMILES string of the molecule is Cc1nn(C)c(Cl)c1CN(C)CCCl. The van der Waals surface area contributed by atoms with Crippen LogP contribution in [0.3, 0.4) is 0 Å². The molecule has 0 aliphatic carbocycles. The van der Waals surface area contributed by atoms with E-state index in [2.05, 4.69) is 10.00 Å². The summed E-state index contributed by atoms with van der Waals surface area (Å²) in [5.74, 6) is 0.632. The molecule has 1 aromatic heterocycles. The number of halogens is 2. The van der Waals surface area contributed by atoms with Gasteiger partial charge < -0.3 is 4.90 Å². The van der Waals surface area contributed by atoms with Gasteiger partial charge in [0.25, 0.3) is 0 Å². The van der Waals surface area contributed by atoms with Crippen molar-refractivity contribution in [2.45, 2.75) is 13.5 Å². The zero-order chi connectivity index (χ0) is 10.7. The van der Waals surface area contributed by atoms with Gasteiger partial charge in [-0.05, 0) is 14.0 Å². The third-order valence-corrected chi connectivity index (χ3v) is 2.81. The lowest BCUT2D eigenvalue weighted by Crippen LogP contribution is -2.20. The van der Waals surface area contributed by atoms with Crippen molar-refractivity contribution in [1.29, 1.82) is 0 Å². The van der Waals surface area contributed by atoms with E-state index in [1.54, 1.807) is 4.68 Å². The topological polar surface area (TPSA) is 21.1 Å². The van der Waals surface area contributed by atoms with Crippen molar-refractivity contribution < 1.29 is 0 Å². The number of alkyl halides is 1. The molecule has 5 heteroatoms. The summed E-state index contributed by atoms with van der Waals surface area (Å²) in [6, 6.07) is 0. The highest BCUT2D eigenvalue weighted by molar-refractivity contribution is 6.30. The molecule has 0 N–H and O–H groups in total. The summed E-state index contributed by atoms with van der Waals surface area (Å²) in [6.45, 7) is 3.62. The fraction of sp³-hybridized carbons (Fsp3) is 0.667. The maximum absolute atomic E-state index is 6.10. The zero-order valence-corrected chi connectivity index (χ0v) is 10.2. The normalized spacial score (nSPS) is 11.3. The molecule has 0 saturated carbocycles. The predicted octanol–water partition coefficient (Wildman–Crippen LogP) is 2.05. The zero-order valence-electron chi connectivity index (χ0n) is 8.72.